The average molecular weight is 188 g/mol. The maximum atomic E-state index is 10.0. The van der Waals surface area contributed by atoms with Crippen LogP contribution in [-0.4, -0.2) is 12.4 Å². The molecular formula is C12H12O2. The van der Waals surface area contributed by atoms with E-state index in [9.17, 15) is 4.79 Å². The maximum absolute atomic E-state index is 10.0. The summed E-state index contributed by atoms with van der Waals surface area (Å²) < 4.78 is 5.48. The van der Waals surface area contributed by atoms with E-state index < -0.39 is 0 Å². The molecule has 0 aliphatic carbocycles. The first-order chi connectivity index (χ1) is 6.72. The predicted molar refractivity (Wildman–Crippen MR) is 55.1 cm³/mol. The van der Waals surface area contributed by atoms with Crippen LogP contribution < -0.4 is 4.74 Å². The molecule has 0 spiro atoms. The van der Waals surface area contributed by atoms with Crippen LogP contribution in [0.2, 0.25) is 0 Å². The standard InChI is InChI=1S/C12H12O2/c1-10(2)14-12-7-3-5-11(9-12)6-4-8-13/h3,5,7-10H,1-2H3. The van der Waals surface area contributed by atoms with E-state index in [2.05, 4.69) is 11.8 Å². The summed E-state index contributed by atoms with van der Waals surface area (Å²) in [5.41, 5.74) is 0.787. The fraction of sp³-hybridized carbons (Fsp3) is 0.250. The van der Waals surface area contributed by atoms with Crippen molar-refractivity contribution in [2.75, 3.05) is 0 Å². The van der Waals surface area contributed by atoms with E-state index >= 15 is 0 Å². The smallest absolute Gasteiger partial charge is 0.193 e. The fourth-order valence-corrected chi connectivity index (χ4v) is 1.03. The molecule has 0 aliphatic heterocycles. The van der Waals surface area contributed by atoms with Gasteiger partial charge in [-0.2, -0.15) is 0 Å². The lowest BCUT2D eigenvalue weighted by molar-refractivity contribution is -0.103. The summed E-state index contributed by atoms with van der Waals surface area (Å²) in [6.45, 7) is 3.92. The second-order valence-corrected chi connectivity index (χ2v) is 3.08. The van der Waals surface area contributed by atoms with Gasteiger partial charge in [0.05, 0.1) is 6.10 Å². The monoisotopic (exact) mass is 188 g/mol. The highest BCUT2D eigenvalue weighted by molar-refractivity contribution is 5.74. The molecular weight excluding hydrogens is 176 g/mol. The molecule has 0 aliphatic rings. The van der Waals surface area contributed by atoms with Gasteiger partial charge in [-0.25, -0.2) is 0 Å². The number of rotatable bonds is 2. The quantitative estimate of drug-likeness (QED) is 0.524. The van der Waals surface area contributed by atoms with Gasteiger partial charge in [-0.15, -0.1) is 0 Å². The molecule has 2 heteroatoms. The van der Waals surface area contributed by atoms with Gasteiger partial charge >= 0.3 is 0 Å². The first kappa shape index (κ1) is 10.3. The van der Waals surface area contributed by atoms with Crippen LogP contribution in [0, 0.1) is 11.8 Å². The third-order valence-corrected chi connectivity index (χ3v) is 1.48. The highest BCUT2D eigenvalue weighted by Gasteiger charge is 1.97. The molecule has 0 atom stereocenters. The lowest BCUT2D eigenvalue weighted by atomic mass is 10.2. The molecule has 1 rings (SSSR count). The van der Waals surface area contributed by atoms with E-state index in [1.807, 2.05) is 38.1 Å². The Morgan fingerprint density at radius 1 is 1.43 bits per heavy atom. The zero-order chi connectivity index (χ0) is 10.4. The van der Waals surface area contributed by atoms with E-state index in [-0.39, 0.29) is 6.10 Å². The summed E-state index contributed by atoms with van der Waals surface area (Å²) >= 11 is 0. The largest absolute Gasteiger partial charge is 0.491 e. The Morgan fingerprint density at radius 3 is 2.86 bits per heavy atom. The van der Waals surface area contributed by atoms with Gasteiger partial charge in [0.1, 0.15) is 5.75 Å². The number of hydrogen-bond donors (Lipinski definition) is 0. The molecule has 0 aromatic heterocycles. The van der Waals surface area contributed by atoms with Gasteiger partial charge in [-0.1, -0.05) is 12.0 Å². The maximum Gasteiger partial charge on any atom is 0.193 e. The molecule has 0 radical (unpaired) electrons. The van der Waals surface area contributed by atoms with Crippen molar-refractivity contribution < 1.29 is 9.53 Å². The first-order valence-corrected chi connectivity index (χ1v) is 4.44. The lowest BCUT2D eigenvalue weighted by Gasteiger charge is -2.09. The van der Waals surface area contributed by atoms with Gasteiger partial charge in [0.25, 0.3) is 0 Å². The molecule has 1 aromatic rings. The molecule has 0 bridgehead atoms. The van der Waals surface area contributed by atoms with Gasteiger partial charge in [0.15, 0.2) is 6.29 Å². The Hall–Kier alpha value is -1.75. The van der Waals surface area contributed by atoms with Gasteiger partial charge in [0.2, 0.25) is 0 Å². The Kier molecular flexibility index (Phi) is 3.75. The van der Waals surface area contributed by atoms with Gasteiger partial charge in [-0.05, 0) is 38.0 Å². The third-order valence-electron chi connectivity index (χ3n) is 1.48. The van der Waals surface area contributed by atoms with E-state index in [4.69, 9.17) is 4.74 Å². The number of carbonyl (C=O) groups excluding carboxylic acids is 1. The van der Waals surface area contributed by atoms with Crippen molar-refractivity contribution in [3.8, 4) is 17.6 Å². The van der Waals surface area contributed by atoms with Crippen LogP contribution in [0.1, 0.15) is 19.4 Å². The summed E-state index contributed by atoms with van der Waals surface area (Å²) in [7, 11) is 0. The molecule has 0 amide bonds. The normalized spacial score (nSPS) is 9.07. The molecule has 0 saturated heterocycles. The minimum atomic E-state index is 0.143. The SMILES string of the molecule is CC(C)Oc1cccc(C#CC=O)c1. The van der Waals surface area contributed by atoms with Crippen molar-refractivity contribution in [3.05, 3.63) is 29.8 Å². The van der Waals surface area contributed by atoms with Crippen molar-refractivity contribution >= 4 is 6.29 Å². The molecule has 14 heavy (non-hydrogen) atoms. The van der Waals surface area contributed by atoms with Gasteiger partial charge in [0, 0.05) is 5.56 Å². The van der Waals surface area contributed by atoms with Crippen LogP contribution in [0.5, 0.6) is 5.75 Å². The van der Waals surface area contributed by atoms with E-state index in [1.165, 1.54) is 0 Å². The molecule has 0 heterocycles. The summed E-state index contributed by atoms with van der Waals surface area (Å²) in [6, 6.07) is 7.37. The minimum Gasteiger partial charge on any atom is -0.491 e. The van der Waals surface area contributed by atoms with E-state index in [0.29, 0.717) is 6.29 Å². The van der Waals surface area contributed by atoms with Crippen LogP contribution in [0.25, 0.3) is 0 Å². The van der Waals surface area contributed by atoms with Gasteiger partial charge < -0.3 is 4.74 Å². The highest BCUT2D eigenvalue weighted by atomic mass is 16.5. The second kappa shape index (κ2) is 5.08. The number of hydrogen-bond acceptors (Lipinski definition) is 2. The molecule has 0 unspecified atom stereocenters. The lowest BCUT2D eigenvalue weighted by Crippen LogP contribution is -2.05. The van der Waals surface area contributed by atoms with Crippen molar-refractivity contribution in [2.24, 2.45) is 0 Å². The molecule has 0 fully saturated rings. The highest BCUT2D eigenvalue weighted by Crippen LogP contribution is 2.13. The Balaban J connectivity index is 2.83. The third kappa shape index (κ3) is 3.32. The zero-order valence-corrected chi connectivity index (χ0v) is 8.28. The number of ether oxygens (including phenoxy) is 1. The molecule has 0 saturated carbocycles. The fourth-order valence-electron chi connectivity index (χ4n) is 1.03. The van der Waals surface area contributed by atoms with Crippen molar-refractivity contribution in [1.29, 1.82) is 0 Å². The topological polar surface area (TPSA) is 26.3 Å². The summed E-state index contributed by atoms with van der Waals surface area (Å²) in [5.74, 6) is 5.84. The van der Waals surface area contributed by atoms with Gasteiger partial charge in [-0.3, -0.25) is 4.79 Å². The number of carbonyl (C=O) groups is 1. The molecule has 0 N–H and O–H groups in total. The predicted octanol–water partition coefficient (Wildman–Crippen LogP) is 2.02. The summed E-state index contributed by atoms with van der Waals surface area (Å²) in [5, 5.41) is 0. The second-order valence-electron chi connectivity index (χ2n) is 3.08. The van der Waals surface area contributed by atoms with Crippen LogP contribution in [-0.2, 0) is 4.79 Å². The van der Waals surface area contributed by atoms with Crippen LogP contribution in [0.3, 0.4) is 0 Å². The van der Waals surface area contributed by atoms with Crippen LogP contribution in [0.15, 0.2) is 24.3 Å². The summed E-state index contributed by atoms with van der Waals surface area (Å²) in [6.07, 6.45) is 0.722. The molecule has 2 nitrogen and oxygen atoms in total. The van der Waals surface area contributed by atoms with E-state index in [1.54, 1.807) is 0 Å². The molecule has 1 aromatic carbocycles. The Morgan fingerprint density at radius 2 is 2.21 bits per heavy atom. The van der Waals surface area contributed by atoms with Crippen LogP contribution in [0.4, 0.5) is 0 Å². The van der Waals surface area contributed by atoms with Crippen molar-refractivity contribution in [2.45, 2.75) is 20.0 Å². The zero-order valence-electron chi connectivity index (χ0n) is 8.28. The Bertz CT molecular complexity index is 369. The first-order valence-electron chi connectivity index (χ1n) is 4.44. The van der Waals surface area contributed by atoms with Crippen LogP contribution >= 0.6 is 0 Å². The Labute approximate surface area is 83.9 Å². The average Bonchev–Trinajstić information content (AvgIpc) is 2.14. The molecule has 72 valence electrons. The minimum absolute atomic E-state index is 0.143. The van der Waals surface area contributed by atoms with E-state index in [0.717, 1.165) is 11.3 Å². The summed E-state index contributed by atoms with van der Waals surface area (Å²) in [4.78, 5) is 10.0. The number of benzene rings is 1. The number of aldehydes is 1. The van der Waals surface area contributed by atoms with Crippen molar-refractivity contribution in [1.82, 2.24) is 0 Å². The van der Waals surface area contributed by atoms with Crippen molar-refractivity contribution in [3.63, 3.8) is 0 Å².